The van der Waals surface area contributed by atoms with Crippen LogP contribution in [-0.2, 0) is 16.8 Å². The van der Waals surface area contributed by atoms with Crippen LogP contribution in [0.1, 0.15) is 57.1 Å². The van der Waals surface area contributed by atoms with Crippen molar-refractivity contribution < 1.29 is 4.79 Å². The third kappa shape index (κ3) is 3.41. The molecule has 0 atom stereocenters. The van der Waals surface area contributed by atoms with Crippen molar-refractivity contribution in [2.24, 2.45) is 5.92 Å². The third-order valence-electron chi connectivity index (χ3n) is 6.09. The van der Waals surface area contributed by atoms with Gasteiger partial charge in [0, 0.05) is 29.3 Å². The summed E-state index contributed by atoms with van der Waals surface area (Å²) < 4.78 is 0. The second kappa shape index (κ2) is 7.38. The maximum atomic E-state index is 13.5. The van der Waals surface area contributed by atoms with E-state index in [1.807, 2.05) is 43.0 Å². The molecule has 0 unspecified atom stereocenters. The van der Waals surface area contributed by atoms with Crippen molar-refractivity contribution in [2.75, 3.05) is 10.2 Å². The van der Waals surface area contributed by atoms with Gasteiger partial charge in [-0.15, -0.1) is 0 Å². The van der Waals surface area contributed by atoms with E-state index in [9.17, 15) is 4.79 Å². The Morgan fingerprint density at radius 3 is 2.79 bits per heavy atom. The highest BCUT2D eigenvalue weighted by Gasteiger charge is 2.31. The number of hydrogen-bond acceptors (Lipinski definition) is 4. The first-order valence-corrected chi connectivity index (χ1v) is 10.2. The highest BCUT2D eigenvalue weighted by Crippen LogP contribution is 2.39. The molecule has 146 valence electrons. The summed E-state index contributed by atoms with van der Waals surface area (Å²) in [7, 11) is 0. The predicted molar refractivity (Wildman–Crippen MR) is 114 cm³/mol. The number of nitrogens with zero attached hydrogens (tertiary/aromatic N) is 2. The highest BCUT2D eigenvalue weighted by molar-refractivity contribution is 6.00. The monoisotopic (exact) mass is 376 g/mol. The van der Waals surface area contributed by atoms with Crippen LogP contribution in [0.2, 0.25) is 0 Å². The summed E-state index contributed by atoms with van der Waals surface area (Å²) in [4.78, 5) is 20.0. The lowest BCUT2D eigenvalue weighted by Crippen LogP contribution is -2.36. The summed E-state index contributed by atoms with van der Waals surface area (Å²) in [6.45, 7) is 4.57. The van der Waals surface area contributed by atoms with Gasteiger partial charge in [0.25, 0.3) is 0 Å². The first-order valence-electron chi connectivity index (χ1n) is 10.2. The fourth-order valence-corrected chi connectivity index (χ4v) is 4.17. The Morgan fingerprint density at radius 2 is 2.04 bits per heavy atom. The van der Waals surface area contributed by atoms with Gasteiger partial charge >= 0.3 is 0 Å². The fraction of sp³-hybridized carbons (Fsp3) is 0.435. The van der Waals surface area contributed by atoms with Gasteiger partial charge in [-0.05, 0) is 36.6 Å². The third-order valence-corrected chi connectivity index (χ3v) is 6.09. The lowest BCUT2D eigenvalue weighted by molar-refractivity contribution is -0.123. The minimum atomic E-state index is -0.383. The molecule has 4 rings (SSSR count). The van der Waals surface area contributed by atoms with E-state index in [0.717, 1.165) is 54.0 Å². The molecule has 5 heteroatoms. The zero-order valence-corrected chi connectivity index (χ0v) is 16.7. The van der Waals surface area contributed by atoms with Crippen molar-refractivity contribution in [3.63, 3.8) is 0 Å². The molecule has 1 aromatic heterocycles. The van der Waals surface area contributed by atoms with Crippen LogP contribution in [0.3, 0.4) is 0 Å². The molecule has 2 aliphatic rings. The zero-order valence-electron chi connectivity index (χ0n) is 16.7. The molecule has 0 bridgehead atoms. The normalized spacial score (nSPS) is 17.1. The van der Waals surface area contributed by atoms with E-state index in [1.165, 1.54) is 12.6 Å². The molecule has 1 amide bonds. The maximum Gasteiger partial charge on any atom is 0.230 e. The average molecular weight is 377 g/mol. The first kappa shape index (κ1) is 18.7. The lowest BCUT2D eigenvalue weighted by Gasteiger charge is -2.30. The maximum absolute atomic E-state index is 13.5. The number of fused-ring (bicyclic) bond motifs is 2. The second-order valence-corrected chi connectivity index (χ2v) is 8.49. The molecule has 1 aromatic carbocycles. The topological polar surface area (TPSA) is 69.1 Å². The molecule has 1 saturated carbocycles. The van der Waals surface area contributed by atoms with E-state index in [1.54, 1.807) is 6.20 Å². The van der Waals surface area contributed by atoms with Crippen molar-refractivity contribution in [1.82, 2.24) is 4.98 Å². The smallest absolute Gasteiger partial charge is 0.230 e. The highest BCUT2D eigenvalue weighted by atomic mass is 16.2. The van der Waals surface area contributed by atoms with Crippen molar-refractivity contribution in [2.45, 2.75) is 57.9 Å². The van der Waals surface area contributed by atoms with Crippen LogP contribution in [0.15, 0.2) is 36.5 Å². The molecule has 5 nitrogen and oxygen atoms in total. The molecule has 2 aromatic rings. The van der Waals surface area contributed by atoms with Crippen LogP contribution in [0.25, 0.3) is 0 Å². The Hall–Kier alpha value is -2.69. The number of amides is 1. The van der Waals surface area contributed by atoms with E-state index in [2.05, 4.69) is 16.4 Å². The minimum Gasteiger partial charge on any atom is -0.338 e. The number of rotatable bonds is 3. The molecular weight excluding hydrogens is 348 g/mol. The van der Waals surface area contributed by atoms with E-state index in [0.29, 0.717) is 6.54 Å². The first-order chi connectivity index (χ1) is 13.5. The van der Waals surface area contributed by atoms with Gasteiger partial charge in [0.15, 0.2) is 0 Å². The number of hydrogen-bond donors (Lipinski definition) is 2. The van der Waals surface area contributed by atoms with Gasteiger partial charge in [-0.3, -0.25) is 4.79 Å². The summed E-state index contributed by atoms with van der Waals surface area (Å²) in [5, 5.41) is 11.2. The van der Waals surface area contributed by atoms with Crippen molar-refractivity contribution in [3.05, 3.63) is 47.7 Å². The second-order valence-electron chi connectivity index (χ2n) is 8.49. The van der Waals surface area contributed by atoms with Gasteiger partial charge in [0.1, 0.15) is 5.82 Å². The van der Waals surface area contributed by atoms with Crippen LogP contribution in [0.5, 0.6) is 0 Å². The molecule has 0 saturated heterocycles. The number of aromatic nitrogens is 1. The number of benzene rings is 1. The standard InChI is InChI=1S/C23H28N4O/c1-23(2,15-24)18-10-11-19-20(13-18)27(22(28)16-7-4-3-5-8-16)14-17-9-6-12-25-21(17)26-19/h6,9-13,15-16,24H,3-5,7-8,14H2,1-2H3,(H,25,26). The lowest BCUT2D eigenvalue weighted by atomic mass is 9.85. The summed E-state index contributed by atoms with van der Waals surface area (Å²) >= 11 is 0. The number of anilines is 3. The molecule has 2 heterocycles. The van der Waals surface area contributed by atoms with E-state index in [-0.39, 0.29) is 17.2 Å². The molecule has 0 spiro atoms. The van der Waals surface area contributed by atoms with Crippen LogP contribution in [0.4, 0.5) is 17.2 Å². The number of pyridine rings is 1. The van der Waals surface area contributed by atoms with Crippen molar-refractivity contribution in [1.29, 1.82) is 5.41 Å². The SMILES string of the molecule is CC(C)(C=N)c1ccc2c(c1)N(C(=O)C1CCCCC1)Cc1cccnc1N2. The van der Waals surface area contributed by atoms with Gasteiger partial charge < -0.3 is 15.6 Å². The average Bonchev–Trinajstić information content (AvgIpc) is 2.90. The molecule has 0 radical (unpaired) electrons. The Morgan fingerprint density at radius 1 is 1.25 bits per heavy atom. The summed E-state index contributed by atoms with van der Waals surface area (Å²) in [5.41, 5.74) is 3.46. The quantitative estimate of drug-likeness (QED) is 0.725. The fourth-order valence-electron chi connectivity index (χ4n) is 4.17. The number of carbonyl (C=O) groups excluding carboxylic acids is 1. The van der Waals surface area contributed by atoms with Crippen LogP contribution in [-0.4, -0.2) is 17.1 Å². The van der Waals surface area contributed by atoms with Crippen LogP contribution >= 0.6 is 0 Å². The predicted octanol–water partition coefficient (Wildman–Crippen LogP) is 5.18. The van der Waals surface area contributed by atoms with Crippen molar-refractivity contribution in [3.8, 4) is 0 Å². The van der Waals surface area contributed by atoms with Gasteiger partial charge in [0.2, 0.25) is 5.91 Å². The molecule has 1 aliphatic heterocycles. The van der Waals surface area contributed by atoms with Crippen LogP contribution < -0.4 is 10.2 Å². The number of carbonyl (C=O) groups is 1. The molecule has 28 heavy (non-hydrogen) atoms. The van der Waals surface area contributed by atoms with Gasteiger partial charge in [-0.1, -0.05) is 45.2 Å². The Kier molecular flexibility index (Phi) is 4.92. The van der Waals surface area contributed by atoms with E-state index < -0.39 is 0 Å². The van der Waals surface area contributed by atoms with Crippen LogP contribution in [0, 0.1) is 11.3 Å². The molecule has 2 N–H and O–H groups in total. The van der Waals surface area contributed by atoms with E-state index >= 15 is 0 Å². The van der Waals surface area contributed by atoms with Gasteiger partial charge in [-0.2, -0.15) is 0 Å². The Labute approximate surface area is 166 Å². The molecular formula is C23H28N4O. The molecule has 1 aliphatic carbocycles. The molecule has 1 fully saturated rings. The zero-order chi connectivity index (χ0) is 19.7. The van der Waals surface area contributed by atoms with Gasteiger partial charge in [0.05, 0.1) is 17.9 Å². The largest absolute Gasteiger partial charge is 0.338 e. The van der Waals surface area contributed by atoms with Crippen molar-refractivity contribution >= 4 is 29.3 Å². The number of nitrogens with one attached hydrogen (secondary N) is 2. The summed E-state index contributed by atoms with van der Waals surface area (Å²) in [6, 6.07) is 10.1. The summed E-state index contributed by atoms with van der Waals surface area (Å²) in [5.74, 6) is 1.12. The Balaban J connectivity index is 1.80. The van der Waals surface area contributed by atoms with Gasteiger partial charge in [-0.25, -0.2) is 4.98 Å². The summed E-state index contributed by atoms with van der Waals surface area (Å²) in [6.07, 6.45) is 8.68. The minimum absolute atomic E-state index is 0.0965. The Bertz CT molecular complexity index is 899. The van der Waals surface area contributed by atoms with E-state index in [4.69, 9.17) is 5.41 Å².